The van der Waals surface area contributed by atoms with Gasteiger partial charge in [0.2, 0.25) is 0 Å². The van der Waals surface area contributed by atoms with E-state index in [1.165, 1.54) is 5.56 Å². The third-order valence-electron chi connectivity index (χ3n) is 2.46. The van der Waals surface area contributed by atoms with Gasteiger partial charge in [-0.15, -0.1) is 0 Å². The van der Waals surface area contributed by atoms with Crippen LogP contribution < -0.4 is 10.5 Å². The van der Waals surface area contributed by atoms with Gasteiger partial charge in [0.1, 0.15) is 11.9 Å². The van der Waals surface area contributed by atoms with Crippen LogP contribution in [0.15, 0.2) is 22.7 Å². The first kappa shape index (κ1) is 13.5. The third kappa shape index (κ3) is 3.49. The Kier molecular flexibility index (Phi) is 4.39. The number of benzene rings is 1. The summed E-state index contributed by atoms with van der Waals surface area (Å²) >= 11 is 3.53. The number of halogens is 1. The molecule has 0 fully saturated rings. The average molecular weight is 286 g/mol. The van der Waals surface area contributed by atoms with Gasteiger partial charge in [-0.3, -0.25) is 0 Å². The minimum Gasteiger partial charge on any atom is -0.488 e. The number of hydrogen-bond acceptors (Lipinski definition) is 2. The molecule has 0 aromatic heterocycles. The highest BCUT2D eigenvalue weighted by Crippen LogP contribution is 2.31. The van der Waals surface area contributed by atoms with E-state index in [0.717, 1.165) is 10.2 Å². The summed E-state index contributed by atoms with van der Waals surface area (Å²) in [7, 11) is 0. The van der Waals surface area contributed by atoms with Crippen molar-refractivity contribution >= 4 is 15.9 Å². The molecule has 1 aromatic carbocycles. The molecule has 0 spiro atoms. The Balaban J connectivity index is 2.92. The van der Waals surface area contributed by atoms with E-state index in [0.29, 0.717) is 6.54 Å². The lowest BCUT2D eigenvalue weighted by Crippen LogP contribution is -2.23. The number of rotatable bonds is 3. The Morgan fingerprint density at radius 2 is 2.00 bits per heavy atom. The average Bonchev–Trinajstić information content (AvgIpc) is 2.19. The zero-order valence-corrected chi connectivity index (χ0v) is 12.0. The van der Waals surface area contributed by atoms with Crippen LogP contribution in [0.5, 0.6) is 5.75 Å². The highest BCUT2D eigenvalue weighted by molar-refractivity contribution is 9.10. The normalized spacial score (nSPS) is 13.6. The summed E-state index contributed by atoms with van der Waals surface area (Å²) in [6.07, 6.45) is 0.0387. The van der Waals surface area contributed by atoms with E-state index in [-0.39, 0.29) is 11.5 Å². The van der Waals surface area contributed by atoms with Crippen LogP contribution in [0.1, 0.15) is 33.3 Å². The van der Waals surface area contributed by atoms with E-state index in [4.69, 9.17) is 10.5 Å². The zero-order valence-electron chi connectivity index (χ0n) is 10.4. The molecule has 0 heterocycles. The molecule has 0 aliphatic heterocycles. The molecule has 1 atom stereocenters. The van der Waals surface area contributed by atoms with E-state index >= 15 is 0 Å². The van der Waals surface area contributed by atoms with E-state index in [2.05, 4.69) is 48.8 Å². The van der Waals surface area contributed by atoms with Crippen molar-refractivity contribution in [1.82, 2.24) is 0 Å². The van der Waals surface area contributed by atoms with Gasteiger partial charge in [0.05, 0.1) is 4.47 Å². The first-order valence-electron chi connectivity index (χ1n) is 5.51. The molecule has 2 nitrogen and oxygen atoms in total. The fourth-order valence-electron chi connectivity index (χ4n) is 1.33. The number of nitrogens with two attached hydrogens (primary N) is 1. The first-order chi connectivity index (χ1) is 7.34. The summed E-state index contributed by atoms with van der Waals surface area (Å²) in [5.41, 5.74) is 6.97. The Morgan fingerprint density at radius 1 is 1.38 bits per heavy atom. The number of hydrogen-bond donors (Lipinski definition) is 1. The highest BCUT2D eigenvalue weighted by Gasteiger charge is 2.15. The molecular formula is C13H20BrNO. The molecular weight excluding hydrogens is 266 g/mol. The smallest absolute Gasteiger partial charge is 0.133 e. The van der Waals surface area contributed by atoms with Crippen molar-refractivity contribution in [3.8, 4) is 5.75 Å². The Labute approximate surface area is 106 Å². The molecule has 0 bridgehead atoms. The molecule has 0 aliphatic rings. The maximum Gasteiger partial charge on any atom is 0.133 e. The maximum absolute atomic E-state index is 5.69. The summed E-state index contributed by atoms with van der Waals surface area (Å²) < 4.78 is 6.68. The Morgan fingerprint density at radius 3 is 2.44 bits per heavy atom. The van der Waals surface area contributed by atoms with Crippen molar-refractivity contribution in [3.63, 3.8) is 0 Å². The molecule has 0 radical (unpaired) electrons. The highest BCUT2D eigenvalue weighted by atomic mass is 79.9. The molecule has 1 rings (SSSR count). The molecule has 16 heavy (non-hydrogen) atoms. The predicted octanol–water partition coefficient (Wildman–Crippen LogP) is 3.47. The quantitative estimate of drug-likeness (QED) is 0.923. The van der Waals surface area contributed by atoms with Gasteiger partial charge in [0.15, 0.2) is 0 Å². The van der Waals surface area contributed by atoms with Gasteiger partial charge < -0.3 is 10.5 Å². The molecule has 0 aliphatic carbocycles. The lowest BCUT2D eigenvalue weighted by Gasteiger charge is -2.21. The Bertz CT molecular complexity index is 357. The van der Waals surface area contributed by atoms with E-state index in [1.54, 1.807) is 0 Å². The molecule has 90 valence electrons. The minimum atomic E-state index is 0.0387. The molecule has 2 N–H and O–H groups in total. The van der Waals surface area contributed by atoms with E-state index < -0.39 is 0 Å². The van der Waals surface area contributed by atoms with Crippen LogP contribution in [-0.2, 0) is 5.41 Å². The van der Waals surface area contributed by atoms with E-state index in [9.17, 15) is 0 Å². The van der Waals surface area contributed by atoms with E-state index in [1.807, 2.05) is 13.0 Å². The summed E-state index contributed by atoms with van der Waals surface area (Å²) in [6, 6.07) is 6.21. The van der Waals surface area contributed by atoms with Gasteiger partial charge in [-0.05, 0) is 46.0 Å². The van der Waals surface area contributed by atoms with Gasteiger partial charge in [0.25, 0.3) is 0 Å². The van der Waals surface area contributed by atoms with Crippen molar-refractivity contribution in [2.75, 3.05) is 6.54 Å². The van der Waals surface area contributed by atoms with Gasteiger partial charge in [-0.2, -0.15) is 0 Å². The molecule has 0 saturated carbocycles. The minimum absolute atomic E-state index is 0.0387. The second kappa shape index (κ2) is 5.19. The zero-order chi connectivity index (χ0) is 12.3. The van der Waals surface area contributed by atoms with Crippen molar-refractivity contribution in [3.05, 3.63) is 28.2 Å². The van der Waals surface area contributed by atoms with Crippen LogP contribution in [0, 0.1) is 0 Å². The number of ether oxygens (including phenoxy) is 1. The predicted molar refractivity (Wildman–Crippen MR) is 72.0 cm³/mol. The molecule has 1 unspecified atom stereocenters. The van der Waals surface area contributed by atoms with Crippen LogP contribution in [0.4, 0.5) is 0 Å². The van der Waals surface area contributed by atoms with Crippen molar-refractivity contribution in [1.29, 1.82) is 0 Å². The SMILES string of the molecule is CC(CN)Oc1ccc(C(C)(C)C)cc1Br. The lowest BCUT2D eigenvalue weighted by molar-refractivity contribution is 0.228. The second-order valence-electron chi connectivity index (χ2n) is 5.06. The standard InChI is InChI=1S/C13H20BrNO/c1-9(8-15)16-12-6-5-10(7-11(12)14)13(2,3)4/h5-7,9H,8,15H2,1-4H3. The topological polar surface area (TPSA) is 35.2 Å². The van der Waals surface area contributed by atoms with Crippen LogP contribution >= 0.6 is 15.9 Å². The van der Waals surface area contributed by atoms with Crippen molar-refractivity contribution in [2.24, 2.45) is 5.73 Å². The van der Waals surface area contributed by atoms with Gasteiger partial charge in [-0.25, -0.2) is 0 Å². The van der Waals surface area contributed by atoms with Crippen molar-refractivity contribution < 1.29 is 4.74 Å². The molecule has 0 saturated heterocycles. The third-order valence-corrected chi connectivity index (χ3v) is 3.08. The van der Waals surface area contributed by atoms with Gasteiger partial charge in [0, 0.05) is 6.54 Å². The van der Waals surface area contributed by atoms with Crippen LogP contribution in [0.3, 0.4) is 0 Å². The Hall–Kier alpha value is -0.540. The van der Waals surface area contributed by atoms with Crippen LogP contribution in [0.2, 0.25) is 0 Å². The lowest BCUT2D eigenvalue weighted by atomic mass is 9.87. The first-order valence-corrected chi connectivity index (χ1v) is 6.30. The van der Waals surface area contributed by atoms with Gasteiger partial charge >= 0.3 is 0 Å². The largest absolute Gasteiger partial charge is 0.488 e. The fraction of sp³-hybridized carbons (Fsp3) is 0.538. The second-order valence-corrected chi connectivity index (χ2v) is 5.91. The summed E-state index contributed by atoms with van der Waals surface area (Å²) in [5, 5.41) is 0. The van der Waals surface area contributed by atoms with Crippen LogP contribution in [-0.4, -0.2) is 12.6 Å². The molecule has 0 amide bonds. The van der Waals surface area contributed by atoms with Gasteiger partial charge in [-0.1, -0.05) is 26.8 Å². The van der Waals surface area contributed by atoms with Crippen molar-refractivity contribution in [2.45, 2.75) is 39.2 Å². The summed E-state index contributed by atoms with van der Waals surface area (Å²) in [5.74, 6) is 0.853. The molecule has 1 aromatic rings. The summed E-state index contributed by atoms with van der Waals surface area (Å²) in [4.78, 5) is 0. The van der Waals surface area contributed by atoms with Crippen LogP contribution in [0.25, 0.3) is 0 Å². The fourth-order valence-corrected chi connectivity index (χ4v) is 1.80. The monoisotopic (exact) mass is 285 g/mol. The molecule has 3 heteroatoms. The maximum atomic E-state index is 5.69. The summed E-state index contributed by atoms with van der Waals surface area (Å²) in [6.45, 7) is 9.06.